The number of benzene rings is 2. The molecule has 0 aliphatic carbocycles. The summed E-state index contributed by atoms with van der Waals surface area (Å²) in [6.45, 7) is 6.40. The van der Waals surface area contributed by atoms with Crippen LogP contribution in [0.15, 0.2) is 30.3 Å². The Bertz CT molecular complexity index is 799. The Balaban J connectivity index is 2.62. The number of esters is 1. The maximum absolute atomic E-state index is 12.3. The molecule has 25 heavy (non-hydrogen) atoms. The van der Waals surface area contributed by atoms with Crippen LogP contribution in [0, 0.1) is 6.92 Å². The molecule has 4 nitrogen and oxygen atoms in total. The molecule has 0 saturated heterocycles. The van der Waals surface area contributed by atoms with Crippen molar-refractivity contribution >= 4 is 30.3 Å². The third kappa shape index (κ3) is 4.48. The zero-order chi connectivity index (χ0) is 18.6. The first-order chi connectivity index (χ1) is 11.8. The van der Waals surface area contributed by atoms with Crippen molar-refractivity contribution in [2.75, 3.05) is 13.6 Å². The van der Waals surface area contributed by atoms with Crippen LogP contribution in [0.5, 0.6) is 5.75 Å². The lowest BCUT2D eigenvalue weighted by molar-refractivity contribution is -0.134. The van der Waals surface area contributed by atoms with Crippen molar-refractivity contribution in [2.45, 2.75) is 39.0 Å². The number of hydrogen-bond donors (Lipinski definition) is 1. The van der Waals surface area contributed by atoms with E-state index < -0.39 is 5.41 Å². The van der Waals surface area contributed by atoms with Gasteiger partial charge in [0.15, 0.2) is 7.85 Å². The van der Waals surface area contributed by atoms with Crippen molar-refractivity contribution in [3.05, 3.63) is 41.5 Å². The molecule has 0 heterocycles. The maximum Gasteiger partial charge on any atom is 0.312 e. The molecule has 2 rings (SSSR count). The maximum atomic E-state index is 12.3. The first-order valence-electron chi connectivity index (χ1n) is 8.42. The number of hydrogen-bond acceptors (Lipinski definition) is 4. The number of nitrogens with one attached hydrogen (secondary N) is 1. The summed E-state index contributed by atoms with van der Waals surface area (Å²) in [7, 11) is 7.23. The Morgan fingerprint density at radius 2 is 1.92 bits per heavy atom. The minimum absolute atomic E-state index is 0.174. The highest BCUT2D eigenvalue weighted by Crippen LogP contribution is 2.42. The van der Waals surface area contributed by atoms with E-state index in [9.17, 15) is 9.59 Å². The molecule has 0 fully saturated rings. The van der Waals surface area contributed by atoms with Gasteiger partial charge in [-0.25, -0.2) is 0 Å². The number of fused-ring (bicyclic) bond motifs is 1. The Morgan fingerprint density at radius 1 is 1.24 bits per heavy atom. The Morgan fingerprint density at radius 3 is 2.56 bits per heavy atom. The monoisotopic (exact) mass is 337 g/mol. The molecule has 0 aliphatic heterocycles. The summed E-state index contributed by atoms with van der Waals surface area (Å²) in [5, 5.41) is 4.80. The molecule has 1 N–H and O–H groups in total. The van der Waals surface area contributed by atoms with Gasteiger partial charge in [-0.3, -0.25) is 4.79 Å². The van der Waals surface area contributed by atoms with Gasteiger partial charge in [0.2, 0.25) is 0 Å². The smallest absolute Gasteiger partial charge is 0.312 e. The van der Waals surface area contributed by atoms with Crippen molar-refractivity contribution in [1.82, 2.24) is 5.32 Å². The second kappa shape index (κ2) is 7.83. The zero-order valence-corrected chi connectivity index (χ0v) is 15.3. The summed E-state index contributed by atoms with van der Waals surface area (Å²) in [5.41, 5.74) is 0.896. The number of ether oxygens (including phenoxy) is 1. The molecule has 0 aliphatic rings. The summed E-state index contributed by atoms with van der Waals surface area (Å²) in [6, 6.07) is 9.83. The van der Waals surface area contributed by atoms with Crippen LogP contribution >= 0.6 is 0 Å². The van der Waals surface area contributed by atoms with Gasteiger partial charge >= 0.3 is 5.97 Å². The molecule has 0 atom stereocenters. The minimum Gasteiger partial charge on any atom is -0.425 e. The van der Waals surface area contributed by atoms with Gasteiger partial charge < -0.3 is 14.8 Å². The highest BCUT2D eigenvalue weighted by Gasteiger charge is 2.30. The van der Waals surface area contributed by atoms with E-state index in [2.05, 4.69) is 11.4 Å². The van der Waals surface area contributed by atoms with E-state index in [4.69, 9.17) is 12.6 Å². The van der Waals surface area contributed by atoms with Crippen molar-refractivity contribution in [1.29, 1.82) is 0 Å². The highest BCUT2D eigenvalue weighted by molar-refractivity contribution is 6.57. The molecule has 0 saturated carbocycles. The zero-order valence-electron chi connectivity index (χ0n) is 15.3. The lowest BCUT2D eigenvalue weighted by Crippen LogP contribution is -2.25. The van der Waals surface area contributed by atoms with Gasteiger partial charge in [-0.2, -0.15) is 0 Å². The highest BCUT2D eigenvalue weighted by atomic mass is 16.5. The lowest BCUT2D eigenvalue weighted by Gasteiger charge is -2.29. The fourth-order valence-corrected chi connectivity index (χ4v) is 3.31. The minimum atomic E-state index is -0.543. The van der Waals surface area contributed by atoms with E-state index in [1.165, 1.54) is 0 Å². The molecule has 0 bridgehead atoms. The van der Waals surface area contributed by atoms with Gasteiger partial charge in [-0.15, -0.1) is 0 Å². The van der Waals surface area contributed by atoms with Crippen LogP contribution < -0.4 is 10.1 Å². The van der Waals surface area contributed by atoms with Gasteiger partial charge in [-0.1, -0.05) is 44.2 Å². The molecule has 2 aromatic carbocycles. The standard InChI is InChI=1S/C20H24BNO3/c1-13-11-14-7-5-6-8-15(14)19(25-17(24)9-10-22-4)18(13)20(2,3)12-16(21)23/h5-8,11,22H,9-10,12H2,1-4H3. The predicted molar refractivity (Wildman–Crippen MR) is 101 cm³/mol. The summed E-state index contributed by atoms with van der Waals surface area (Å²) >= 11 is 0. The van der Waals surface area contributed by atoms with Crippen LogP contribution in [0.1, 0.15) is 37.8 Å². The van der Waals surface area contributed by atoms with Gasteiger partial charge in [0.1, 0.15) is 5.75 Å². The van der Waals surface area contributed by atoms with Crippen molar-refractivity contribution < 1.29 is 14.3 Å². The van der Waals surface area contributed by atoms with E-state index in [-0.39, 0.29) is 24.5 Å². The Hall–Kier alpha value is -2.14. The van der Waals surface area contributed by atoms with Gasteiger partial charge in [0.25, 0.3) is 0 Å². The third-order valence-corrected chi connectivity index (χ3v) is 4.29. The van der Waals surface area contributed by atoms with Crippen LogP contribution in [0.25, 0.3) is 10.8 Å². The molecular weight excluding hydrogens is 313 g/mol. The number of rotatable bonds is 7. The number of carbonyl (C=O) groups is 2. The van der Waals surface area contributed by atoms with Gasteiger partial charge in [0, 0.05) is 23.9 Å². The molecule has 0 amide bonds. The molecule has 2 aromatic rings. The first kappa shape index (κ1) is 19.2. The first-order valence-corrected chi connectivity index (χ1v) is 8.42. The average molecular weight is 337 g/mol. The van der Waals surface area contributed by atoms with Crippen LogP contribution in [0.4, 0.5) is 0 Å². The molecule has 0 unspecified atom stereocenters. The molecule has 5 heteroatoms. The summed E-state index contributed by atoms with van der Waals surface area (Å²) < 4.78 is 5.78. The van der Waals surface area contributed by atoms with Crippen LogP contribution in [0.3, 0.4) is 0 Å². The van der Waals surface area contributed by atoms with Crippen molar-refractivity contribution in [3.63, 3.8) is 0 Å². The summed E-state index contributed by atoms with van der Waals surface area (Å²) in [6.07, 6.45) is 0.446. The Labute approximate surface area is 150 Å². The molecular formula is C20H24BNO3. The fourth-order valence-electron chi connectivity index (χ4n) is 3.31. The largest absolute Gasteiger partial charge is 0.425 e. The third-order valence-electron chi connectivity index (χ3n) is 4.29. The SMILES string of the molecule is [B]C(=O)CC(C)(C)c1c(C)cc2ccccc2c1OC(=O)CCNC. The topological polar surface area (TPSA) is 55.4 Å². The lowest BCUT2D eigenvalue weighted by atomic mass is 9.74. The van der Waals surface area contributed by atoms with Crippen LogP contribution in [-0.4, -0.2) is 33.1 Å². The van der Waals surface area contributed by atoms with Crippen molar-refractivity contribution in [3.8, 4) is 5.75 Å². The van der Waals surface area contributed by atoms with Crippen molar-refractivity contribution in [2.24, 2.45) is 0 Å². The van der Waals surface area contributed by atoms with Crippen LogP contribution in [0.2, 0.25) is 0 Å². The van der Waals surface area contributed by atoms with Gasteiger partial charge in [-0.05, 0) is 30.3 Å². The number of aryl methyl sites for hydroxylation is 1. The van der Waals surface area contributed by atoms with E-state index >= 15 is 0 Å². The molecule has 2 radical (unpaired) electrons. The Kier molecular flexibility index (Phi) is 6.01. The average Bonchev–Trinajstić information content (AvgIpc) is 2.51. The van der Waals surface area contributed by atoms with E-state index in [1.807, 2.05) is 45.0 Å². The van der Waals surface area contributed by atoms with E-state index in [0.29, 0.717) is 12.3 Å². The van der Waals surface area contributed by atoms with Gasteiger partial charge in [0.05, 0.1) is 12.1 Å². The summed E-state index contributed by atoms with van der Waals surface area (Å²) in [4.78, 5) is 23.8. The summed E-state index contributed by atoms with van der Waals surface area (Å²) in [5.74, 6) is 0.226. The number of carbonyl (C=O) groups excluding carboxylic acids is 2. The van der Waals surface area contributed by atoms with Crippen LogP contribution in [-0.2, 0) is 15.0 Å². The van der Waals surface area contributed by atoms with E-state index in [0.717, 1.165) is 21.9 Å². The second-order valence-electron chi connectivity index (χ2n) is 6.97. The fraction of sp³-hybridized carbons (Fsp3) is 0.400. The normalized spacial score (nSPS) is 11.5. The molecule has 0 spiro atoms. The second-order valence-corrected chi connectivity index (χ2v) is 6.97. The predicted octanol–water partition coefficient (Wildman–Crippen LogP) is 3.03. The van der Waals surface area contributed by atoms with E-state index in [1.54, 1.807) is 7.05 Å². The molecule has 130 valence electrons. The molecule has 0 aromatic heterocycles. The quantitative estimate of drug-likeness (QED) is 0.479.